The van der Waals surface area contributed by atoms with E-state index in [2.05, 4.69) is 36.9 Å². The molecule has 0 aliphatic rings. The molecule has 2 rings (SSSR count). The maximum absolute atomic E-state index is 10.2. The van der Waals surface area contributed by atoms with Crippen LogP contribution in [0, 0.1) is 13.8 Å². The lowest BCUT2D eigenvalue weighted by molar-refractivity contribution is 0.0324. The van der Waals surface area contributed by atoms with Crippen molar-refractivity contribution in [3.05, 3.63) is 59.2 Å². The van der Waals surface area contributed by atoms with Gasteiger partial charge in [-0.3, -0.25) is 0 Å². The first-order valence-corrected chi connectivity index (χ1v) is 8.16. The number of ether oxygens (including phenoxy) is 2. The molecule has 0 aromatic heterocycles. The largest absolute Gasteiger partial charge is 0.497 e. The maximum Gasteiger partial charge on any atom is 0.118 e. The third-order valence-corrected chi connectivity index (χ3v) is 3.99. The number of hydrogen-bond donors (Lipinski definition) is 1. The van der Waals surface area contributed by atoms with E-state index in [1.54, 1.807) is 7.11 Å². The normalized spacial score (nSPS) is 12.0. The van der Waals surface area contributed by atoms with Crippen LogP contribution in [0.3, 0.4) is 0 Å². The average molecular weight is 329 g/mol. The minimum atomic E-state index is -0.533. The summed E-state index contributed by atoms with van der Waals surface area (Å²) in [6, 6.07) is 14.1. The standard InChI is InChI=1S/C20H27NO3/c1-15-5-10-20(16(2)11-15)21(3)12-18(22)14-24-13-17-6-8-19(23-4)9-7-17/h5-11,18,22H,12-14H2,1-4H3/t18-/m0/s1. The summed E-state index contributed by atoms with van der Waals surface area (Å²) in [5.41, 5.74) is 4.65. The van der Waals surface area contributed by atoms with Gasteiger partial charge >= 0.3 is 0 Å². The van der Waals surface area contributed by atoms with Crippen LogP contribution in [0.1, 0.15) is 16.7 Å². The molecule has 4 nitrogen and oxygen atoms in total. The third-order valence-electron chi connectivity index (χ3n) is 3.99. The van der Waals surface area contributed by atoms with Crippen molar-refractivity contribution < 1.29 is 14.6 Å². The summed E-state index contributed by atoms with van der Waals surface area (Å²) in [6.07, 6.45) is -0.533. The number of anilines is 1. The molecule has 0 radical (unpaired) electrons. The van der Waals surface area contributed by atoms with E-state index < -0.39 is 6.10 Å². The van der Waals surface area contributed by atoms with Crippen LogP contribution >= 0.6 is 0 Å². The monoisotopic (exact) mass is 329 g/mol. The van der Waals surface area contributed by atoms with Crippen molar-refractivity contribution in [2.75, 3.05) is 32.2 Å². The Kier molecular flexibility index (Phi) is 6.64. The molecular weight excluding hydrogens is 302 g/mol. The number of rotatable bonds is 8. The molecule has 24 heavy (non-hydrogen) atoms. The second-order valence-electron chi connectivity index (χ2n) is 6.19. The average Bonchev–Trinajstić information content (AvgIpc) is 2.55. The summed E-state index contributed by atoms with van der Waals surface area (Å²) in [5.74, 6) is 0.828. The van der Waals surface area contributed by atoms with Gasteiger partial charge in [0.15, 0.2) is 0 Å². The summed E-state index contributed by atoms with van der Waals surface area (Å²) in [5, 5.41) is 10.2. The van der Waals surface area contributed by atoms with Crippen molar-refractivity contribution in [3.8, 4) is 5.75 Å². The highest BCUT2D eigenvalue weighted by Crippen LogP contribution is 2.20. The Morgan fingerprint density at radius 1 is 1.08 bits per heavy atom. The second kappa shape index (κ2) is 8.71. The molecule has 0 amide bonds. The number of aryl methyl sites for hydroxylation is 2. The molecule has 1 atom stereocenters. The highest BCUT2D eigenvalue weighted by Gasteiger charge is 2.11. The molecule has 1 N–H and O–H groups in total. The highest BCUT2D eigenvalue weighted by atomic mass is 16.5. The van der Waals surface area contributed by atoms with Gasteiger partial charge in [-0.2, -0.15) is 0 Å². The molecule has 0 aliphatic heterocycles. The molecule has 0 aliphatic carbocycles. The number of likely N-dealkylation sites (N-methyl/N-ethyl adjacent to an activating group) is 1. The molecule has 0 heterocycles. The Morgan fingerprint density at radius 2 is 1.79 bits per heavy atom. The number of aliphatic hydroxyl groups is 1. The zero-order valence-electron chi connectivity index (χ0n) is 15.0. The molecule has 0 saturated heterocycles. The summed E-state index contributed by atoms with van der Waals surface area (Å²) in [4.78, 5) is 2.07. The van der Waals surface area contributed by atoms with Gasteiger partial charge in [0.2, 0.25) is 0 Å². The van der Waals surface area contributed by atoms with Gasteiger partial charge in [-0.1, -0.05) is 29.8 Å². The Labute approximate surface area is 144 Å². The zero-order valence-corrected chi connectivity index (χ0v) is 15.0. The second-order valence-corrected chi connectivity index (χ2v) is 6.19. The summed E-state index contributed by atoms with van der Waals surface area (Å²) in [7, 11) is 3.64. The van der Waals surface area contributed by atoms with Crippen LogP contribution < -0.4 is 9.64 Å². The Morgan fingerprint density at radius 3 is 2.42 bits per heavy atom. The molecule has 0 unspecified atom stereocenters. The van der Waals surface area contributed by atoms with Crippen LogP contribution in [0.2, 0.25) is 0 Å². The van der Waals surface area contributed by atoms with Crippen molar-refractivity contribution in [3.63, 3.8) is 0 Å². The lowest BCUT2D eigenvalue weighted by Gasteiger charge is -2.24. The van der Waals surface area contributed by atoms with E-state index in [1.807, 2.05) is 31.3 Å². The molecule has 2 aromatic carbocycles. The number of nitrogens with zero attached hydrogens (tertiary/aromatic N) is 1. The lowest BCUT2D eigenvalue weighted by Crippen LogP contribution is -2.32. The number of aliphatic hydroxyl groups excluding tert-OH is 1. The summed E-state index contributed by atoms with van der Waals surface area (Å²) < 4.78 is 10.8. The van der Waals surface area contributed by atoms with Gasteiger partial charge in [-0.15, -0.1) is 0 Å². The fourth-order valence-corrected chi connectivity index (χ4v) is 2.74. The maximum atomic E-state index is 10.2. The van der Waals surface area contributed by atoms with Gasteiger partial charge in [0.05, 0.1) is 26.4 Å². The van der Waals surface area contributed by atoms with Gasteiger partial charge in [0, 0.05) is 19.3 Å². The van der Waals surface area contributed by atoms with Crippen molar-refractivity contribution >= 4 is 5.69 Å². The van der Waals surface area contributed by atoms with Crippen LogP contribution in [0.25, 0.3) is 0 Å². The highest BCUT2D eigenvalue weighted by molar-refractivity contribution is 5.53. The smallest absolute Gasteiger partial charge is 0.118 e. The van der Waals surface area contributed by atoms with E-state index in [1.165, 1.54) is 11.1 Å². The third kappa shape index (κ3) is 5.25. The quantitative estimate of drug-likeness (QED) is 0.807. The molecule has 130 valence electrons. The van der Waals surface area contributed by atoms with Gasteiger partial charge < -0.3 is 19.5 Å². The fourth-order valence-electron chi connectivity index (χ4n) is 2.74. The zero-order chi connectivity index (χ0) is 17.5. The molecule has 0 spiro atoms. The van der Waals surface area contributed by atoms with E-state index >= 15 is 0 Å². The summed E-state index contributed by atoms with van der Waals surface area (Å²) >= 11 is 0. The first-order valence-electron chi connectivity index (χ1n) is 8.16. The molecule has 4 heteroatoms. The molecule has 0 saturated carbocycles. The summed E-state index contributed by atoms with van der Waals surface area (Å²) in [6.45, 7) is 5.49. The lowest BCUT2D eigenvalue weighted by atomic mass is 10.1. The first kappa shape index (κ1) is 18.3. The minimum Gasteiger partial charge on any atom is -0.497 e. The number of methoxy groups -OCH3 is 1. The predicted octanol–water partition coefficient (Wildman–Crippen LogP) is 3.33. The SMILES string of the molecule is COc1ccc(COC[C@@H](O)CN(C)c2ccc(C)cc2C)cc1. The van der Waals surface area contributed by atoms with Crippen LogP contribution in [-0.2, 0) is 11.3 Å². The van der Waals surface area contributed by atoms with Crippen LogP contribution in [0.5, 0.6) is 5.75 Å². The fraction of sp³-hybridized carbons (Fsp3) is 0.400. The van der Waals surface area contributed by atoms with Crippen LogP contribution in [-0.4, -0.2) is 38.5 Å². The van der Waals surface area contributed by atoms with E-state index in [9.17, 15) is 5.11 Å². The first-order chi connectivity index (χ1) is 11.5. The molecular formula is C20H27NO3. The number of benzene rings is 2. The van der Waals surface area contributed by atoms with Crippen molar-refractivity contribution in [1.82, 2.24) is 0 Å². The van der Waals surface area contributed by atoms with Gasteiger partial charge in [0.25, 0.3) is 0 Å². The molecule has 0 fully saturated rings. The van der Waals surface area contributed by atoms with Gasteiger partial charge in [-0.25, -0.2) is 0 Å². The molecule has 2 aromatic rings. The van der Waals surface area contributed by atoms with E-state index in [0.717, 1.165) is 17.0 Å². The van der Waals surface area contributed by atoms with Crippen LogP contribution in [0.15, 0.2) is 42.5 Å². The van der Waals surface area contributed by atoms with Crippen molar-refractivity contribution in [1.29, 1.82) is 0 Å². The Balaban J connectivity index is 1.78. The predicted molar refractivity (Wildman–Crippen MR) is 97.8 cm³/mol. The van der Waals surface area contributed by atoms with E-state index in [4.69, 9.17) is 9.47 Å². The van der Waals surface area contributed by atoms with Crippen molar-refractivity contribution in [2.24, 2.45) is 0 Å². The van der Waals surface area contributed by atoms with Crippen molar-refractivity contribution in [2.45, 2.75) is 26.6 Å². The minimum absolute atomic E-state index is 0.307. The topological polar surface area (TPSA) is 41.9 Å². The van der Waals surface area contributed by atoms with E-state index in [-0.39, 0.29) is 0 Å². The Hall–Kier alpha value is -2.04. The van der Waals surface area contributed by atoms with Crippen LogP contribution in [0.4, 0.5) is 5.69 Å². The molecule has 0 bridgehead atoms. The van der Waals surface area contributed by atoms with Gasteiger partial charge in [0.1, 0.15) is 5.75 Å². The Bertz CT molecular complexity index is 640. The van der Waals surface area contributed by atoms with Gasteiger partial charge in [-0.05, 0) is 43.2 Å². The number of hydrogen-bond acceptors (Lipinski definition) is 4. The van der Waals surface area contributed by atoms with E-state index in [0.29, 0.717) is 19.8 Å².